The Morgan fingerprint density at radius 1 is 0.848 bits per heavy atom. The molecule has 0 bridgehead atoms. The van der Waals surface area contributed by atoms with Crippen molar-refractivity contribution >= 4 is 5.90 Å². The summed E-state index contributed by atoms with van der Waals surface area (Å²) in [7, 11) is 0. The summed E-state index contributed by atoms with van der Waals surface area (Å²) in [6.07, 6.45) is 0. The summed E-state index contributed by atoms with van der Waals surface area (Å²) in [5.74, 6) is 0.776. The molecule has 0 radical (unpaired) electrons. The SMILES string of the molecule is CC(C)(C)c1ccc(C2COC(/C(C#N)=C3/NC(c4ccc(C(C)(C)C)cc4)CO3)=N2)cc1. The van der Waals surface area contributed by atoms with Gasteiger partial charge in [-0.15, -0.1) is 0 Å². The molecule has 2 unspecified atom stereocenters. The maximum Gasteiger partial charge on any atom is 0.233 e. The molecular weight excluding hydrogens is 410 g/mol. The smallest absolute Gasteiger partial charge is 0.233 e. The van der Waals surface area contributed by atoms with Crippen LogP contribution in [0.1, 0.15) is 75.9 Å². The highest BCUT2D eigenvalue weighted by Crippen LogP contribution is 2.31. The molecule has 1 saturated heterocycles. The highest BCUT2D eigenvalue weighted by Gasteiger charge is 2.31. The number of ether oxygens (including phenoxy) is 2. The number of nitrogens with zero attached hydrogens (tertiary/aromatic N) is 2. The zero-order valence-corrected chi connectivity index (χ0v) is 20.4. The monoisotopic (exact) mass is 443 g/mol. The Labute approximate surface area is 197 Å². The van der Waals surface area contributed by atoms with Gasteiger partial charge in [0.2, 0.25) is 11.8 Å². The van der Waals surface area contributed by atoms with Gasteiger partial charge < -0.3 is 14.8 Å². The number of rotatable bonds is 3. The Bertz CT molecular complexity index is 1110. The molecule has 2 aromatic rings. The molecule has 0 amide bonds. The average molecular weight is 444 g/mol. The second-order valence-electron chi connectivity index (χ2n) is 10.8. The standard InChI is InChI=1S/C28H33N3O2/c1-27(2,3)20-11-7-18(8-12-20)23-16-32-25(30-23)22(15-29)26-31-24(17-33-26)19-9-13-21(14-10-19)28(4,5)6/h7-14,23-24,30H,16-17H2,1-6H3/b25-22-. The average Bonchev–Trinajstić information content (AvgIpc) is 3.44. The molecule has 5 heteroatoms. The lowest BCUT2D eigenvalue weighted by molar-refractivity contribution is 0.251. The Balaban J connectivity index is 1.50. The van der Waals surface area contributed by atoms with Crippen molar-refractivity contribution in [3.63, 3.8) is 0 Å². The summed E-state index contributed by atoms with van der Waals surface area (Å²) in [5, 5.41) is 13.2. The van der Waals surface area contributed by atoms with Gasteiger partial charge in [0.05, 0.1) is 6.04 Å². The van der Waals surface area contributed by atoms with Crippen LogP contribution in [0.2, 0.25) is 0 Å². The fourth-order valence-corrected chi connectivity index (χ4v) is 4.03. The zero-order valence-electron chi connectivity index (χ0n) is 20.4. The van der Waals surface area contributed by atoms with Crippen LogP contribution in [-0.2, 0) is 20.3 Å². The first-order valence-corrected chi connectivity index (χ1v) is 11.5. The van der Waals surface area contributed by atoms with E-state index in [1.54, 1.807) is 0 Å². The predicted octanol–water partition coefficient (Wildman–Crippen LogP) is 5.85. The third-order valence-corrected chi connectivity index (χ3v) is 6.24. The molecule has 0 aliphatic carbocycles. The molecule has 5 nitrogen and oxygen atoms in total. The van der Waals surface area contributed by atoms with Gasteiger partial charge in [0.25, 0.3) is 0 Å². The minimum Gasteiger partial charge on any atom is -0.476 e. The molecule has 33 heavy (non-hydrogen) atoms. The van der Waals surface area contributed by atoms with E-state index in [0.29, 0.717) is 30.6 Å². The molecule has 0 saturated carbocycles. The van der Waals surface area contributed by atoms with Gasteiger partial charge in [0.1, 0.15) is 25.3 Å². The van der Waals surface area contributed by atoms with Crippen LogP contribution in [0.4, 0.5) is 0 Å². The summed E-state index contributed by atoms with van der Waals surface area (Å²) in [5.41, 5.74) is 5.30. The third kappa shape index (κ3) is 4.90. The van der Waals surface area contributed by atoms with Gasteiger partial charge in [0.15, 0.2) is 5.57 Å². The van der Waals surface area contributed by atoms with E-state index in [0.717, 1.165) is 11.1 Å². The molecule has 2 heterocycles. The van der Waals surface area contributed by atoms with Crippen molar-refractivity contribution in [1.82, 2.24) is 5.32 Å². The van der Waals surface area contributed by atoms with Crippen LogP contribution in [0.25, 0.3) is 0 Å². The molecule has 172 valence electrons. The Morgan fingerprint density at radius 2 is 1.39 bits per heavy atom. The van der Waals surface area contributed by atoms with Crippen LogP contribution in [0.5, 0.6) is 0 Å². The minimum atomic E-state index is -0.125. The van der Waals surface area contributed by atoms with Crippen LogP contribution in [0.3, 0.4) is 0 Å². The number of nitriles is 1. The van der Waals surface area contributed by atoms with E-state index < -0.39 is 0 Å². The van der Waals surface area contributed by atoms with Gasteiger partial charge in [-0.05, 0) is 33.1 Å². The lowest BCUT2D eigenvalue weighted by Gasteiger charge is -2.19. The molecule has 4 rings (SSSR count). The first-order chi connectivity index (χ1) is 15.6. The Kier molecular flexibility index (Phi) is 5.97. The maximum atomic E-state index is 9.82. The van der Waals surface area contributed by atoms with Gasteiger partial charge in [0, 0.05) is 0 Å². The van der Waals surface area contributed by atoms with E-state index in [9.17, 15) is 5.26 Å². The largest absolute Gasteiger partial charge is 0.476 e. The second kappa shape index (κ2) is 8.59. The van der Waals surface area contributed by atoms with E-state index in [2.05, 4.69) is 101 Å². The fraction of sp³-hybridized carbons (Fsp3) is 0.429. The van der Waals surface area contributed by atoms with Crippen molar-refractivity contribution in [3.8, 4) is 6.07 Å². The maximum absolute atomic E-state index is 9.82. The molecule has 1 fully saturated rings. The van der Waals surface area contributed by atoms with Gasteiger partial charge in [-0.3, -0.25) is 0 Å². The summed E-state index contributed by atoms with van der Waals surface area (Å²) in [4.78, 5) is 4.70. The fourth-order valence-electron chi connectivity index (χ4n) is 4.03. The van der Waals surface area contributed by atoms with Crippen molar-refractivity contribution in [1.29, 1.82) is 5.26 Å². The van der Waals surface area contributed by atoms with Crippen LogP contribution in [-0.4, -0.2) is 19.1 Å². The zero-order chi connectivity index (χ0) is 23.8. The van der Waals surface area contributed by atoms with E-state index in [1.165, 1.54) is 11.1 Å². The Morgan fingerprint density at radius 3 is 1.91 bits per heavy atom. The van der Waals surface area contributed by atoms with Gasteiger partial charge >= 0.3 is 0 Å². The molecule has 1 N–H and O–H groups in total. The first-order valence-electron chi connectivity index (χ1n) is 11.5. The predicted molar refractivity (Wildman–Crippen MR) is 131 cm³/mol. The molecule has 2 aliphatic heterocycles. The van der Waals surface area contributed by atoms with Crippen LogP contribution >= 0.6 is 0 Å². The van der Waals surface area contributed by atoms with Gasteiger partial charge in [-0.25, -0.2) is 4.99 Å². The molecule has 0 aromatic heterocycles. The third-order valence-electron chi connectivity index (χ3n) is 6.24. The van der Waals surface area contributed by atoms with E-state index in [1.807, 2.05) is 0 Å². The molecule has 2 aliphatic rings. The quantitative estimate of drug-likeness (QED) is 0.605. The molecule has 0 spiro atoms. The first kappa shape index (κ1) is 22.9. The van der Waals surface area contributed by atoms with Crippen molar-refractivity contribution < 1.29 is 9.47 Å². The van der Waals surface area contributed by atoms with Gasteiger partial charge in [-0.1, -0.05) is 90.1 Å². The number of aliphatic imine (C=N–C) groups is 1. The van der Waals surface area contributed by atoms with Crippen molar-refractivity contribution in [2.75, 3.05) is 13.2 Å². The van der Waals surface area contributed by atoms with Gasteiger partial charge in [-0.2, -0.15) is 5.26 Å². The van der Waals surface area contributed by atoms with Crippen molar-refractivity contribution in [3.05, 3.63) is 82.2 Å². The number of hydrogen-bond acceptors (Lipinski definition) is 5. The van der Waals surface area contributed by atoms with E-state index in [-0.39, 0.29) is 22.9 Å². The van der Waals surface area contributed by atoms with E-state index >= 15 is 0 Å². The highest BCUT2D eigenvalue weighted by atomic mass is 16.5. The lowest BCUT2D eigenvalue weighted by atomic mass is 9.86. The van der Waals surface area contributed by atoms with Crippen LogP contribution < -0.4 is 5.32 Å². The number of nitrogens with one attached hydrogen (secondary N) is 1. The lowest BCUT2D eigenvalue weighted by Crippen LogP contribution is -2.17. The summed E-state index contributed by atoms with van der Waals surface area (Å²) in [6, 6.07) is 19.1. The highest BCUT2D eigenvalue weighted by molar-refractivity contribution is 5.98. The second-order valence-corrected chi connectivity index (χ2v) is 10.8. The minimum absolute atomic E-state index is 0.0138. The number of hydrogen-bond donors (Lipinski definition) is 1. The topological polar surface area (TPSA) is 66.6 Å². The Hall–Kier alpha value is -3.26. The van der Waals surface area contributed by atoms with Crippen LogP contribution in [0.15, 0.2) is 65.0 Å². The molecule has 2 aromatic carbocycles. The van der Waals surface area contributed by atoms with E-state index in [4.69, 9.17) is 14.5 Å². The van der Waals surface area contributed by atoms with Crippen molar-refractivity contribution in [2.24, 2.45) is 4.99 Å². The summed E-state index contributed by atoms with van der Waals surface area (Å²) < 4.78 is 11.7. The summed E-state index contributed by atoms with van der Waals surface area (Å²) >= 11 is 0. The number of benzene rings is 2. The van der Waals surface area contributed by atoms with Crippen molar-refractivity contribution in [2.45, 2.75) is 64.5 Å². The van der Waals surface area contributed by atoms with Crippen LogP contribution in [0, 0.1) is 11.3 Å². The normalized spacial score (nSPS) is 22.0. The molecular formula is C28H33N3O2. The molecule has 2 atom stereocenters. The summed E-state index contributed by atoms with van der Waals surface area (Å²) in [6.45, 7) is 14.1.